The van der Waals surface area contributed by atoms with Crippen molar-refractivity contribution < 1.29 is 9.23 Å². The Bertz CT molecular complexity index is 368. The maximum absolute atomic E-state index is 13.0. The summed E-state index contributed by atoms with van der Waals surface area (Å²) in [5.41, 5.74) is -0.130. The molecule has 0 heterocycles. The average Bonchev–Trinajstić information content (AvgIpc) is 2.71. The third-order valence-corrected chi connectivity index (χ3v) is 9.37. The van der Waals surface area contributed by atoms with Crippen LogP contribution in [0.15, 0.2) is 0 Å². The SMILES string of the molecule is CCCC[O][Sn](=[O])[O]C(CCCC)(CCCC)C(CC)(CCCC)CCCC. The molecule has 0 aliphatic heterocycles. The zero-order chi connectivity index (χ0) is 21.3. The molecular formula is C24H50O3Sn. The molecule has 4 heteroatoms. The Kier molecular flexibility index (Phi) is 17.5. The number of unbranched alkanes of at least 4 members (excludes halogenated alkanes) is 5. The van der Waals surface area contributed by atoms with Gasteiger partial charge in [-0.25, -0.2) is 0 Å². The molecule has 0 bridgehead atoms. The standard InChI is InChI=1S/C20H41O.C4H9O.O.Sn/c1-6-11-15-19(10-5,16-12-7-2)20(21,17-13-8-3)18-14-9-4;1-2-3-4-5;;/h6-18H2,1-5H3;2-4H2,1H3;;/q2*-1;;+2. The van der Waals surface area contributed by atoms with E-state index in [0.717, 1.165) is 57.8 Å². The van der Waals surface area contributed by atoms with E-state index in [1.54, 1.807) is 0 Å². The van der Waals surface area contributed by atoms with Gasteiger partial charge in [0, 0.05) is 0 Å². The molecule has 3 nitrogen and oxygen atoms in total. The number of hydrogen-bond donors (Lipinski definition) is 0. The molecule has 0 aliphatic rings. The molecule has 0 aromatic rings. The van der Waals surface area contributed by atoms with Crippen molar-refractivity contribution in [3.63, 3.8) is 0 Å². The van der Waals surface area contributed by atoms with E-state index in [0.29, 0.717) is 6.61 Å². The summed E-state index contributed by atoms with van der Waals surface area (Å²) in [6.07, 6.45) is 17.1. The zero-order valence-electron chi connectivity index (χ0n) is 20.0. The molecule has 0 aliphatic carbocycles. The van der Waals surface area contributed by atoms with Crippen LogP contribution in [-0.2, 0) is 9.23 Å². The Morgan fingerprint density at radius 1 is 0.643 bits per heavy atom. The number of hydrogen-bond acceptors (Lipinski definition) is 3. The molecule has 0 radical (unpaired) electrons. The van der Waals surface area contributed by atoms with E-state index in [9.17, 15) is 3.08 Å². The normalized spacial score (nSPS) is 12.5. The average molecular weight is 505 g/mol. The van der Waals surface area contributed by atoms with Crippen LogP contribution in [-0.4, -0.2) is 32.8 Å². The van der Waals surface area contributed by atoms with Gasteiger partial charge in [0.15, 0.2) is 0 Å². The van der Waals surface area contributed by atoms with E-state index in [-0.39, 0.29) is 11.0 Å². The van der Waals surface area contributed by atoms with Crippen LogP contribution in [0.3, 0.4) is 0 Å². The second-order valence-corrected chi connectivity index (χ2v) is 11.4. The third-order valence-electron chi connectivity index (χ3n) is 6.53. The van der Waals surface area contributed by atoms with Crippen molar-refractivity contribution in [2.45, 2.75) is 143 Å². The zero-order valence-corrected chi connectivity index (χ0v) is 22.9. The van der Waals surface area contributed by atoms with Crippen LogP contribution in [0.5, 0.6) is 0 Å². The van der Waals surface area contributed by atoms with Gasteiger partial charge in [-0.2, -0.15) is 0 Å². The van der Waals surface area contributed by atoms with E-state index < -0.39 is 20.6 Å². The van der Waals surface area contributed by atoms with Gasteiger partial charge in [0.05, 0.1) is 0 Å². The van der Waals surface area contributed by atoms with Crippen LogP contribution in [0, 0.1) is 5.41 Å². The maximum atomic E-state index is 13.0. The molecule has 28 heavy (non-hydrogen) atoms. The first-order chi connectivity index (χ1) is 13.5. The number of rotatable bonds is 20. The van der Waals surface area contributed by atoms with Crippen molar-refractivity contribution in [1.29, 1.82) is 0 Å². The van der Waals surface area contributed by atoms with E-state index in [2.05, 4.69) is 41.5 Å². The molecule has 0 aromatic carbocycles. The summed E-state index contributed by atoms with van der Waals surface area (Å²) in [5, 5.41) is 0. The Morgan fingerprint density at radius 3 is 1.46 bits per heavy atom. The summed E-state index contributed by atoms with van der Waals surface area (Å²) in [6, 6.07) is 0. The predicted molar refractivity (Wildman–Crippen MR) is 122 cm³/mol. The van der Waals surface area contributed by atoms with Gasteiger partial charge in [-0.1, -0.05) is 0 Å². The Morgan fingerprint density at radius 2 is 1.07 bits per heavy atom. The summed E-state index contributed by atoms with van der Waals surface area (Å²) in [4.78, 5) is 0. The Balaban J connectivity index is 5.90. The van der Waals surface area contributed by atoms with Crippen molar-refractivity contribution in [1.82, 2.24) is 0 Å². The molecule has 0 saturated carbocycles. The van der Waals surface area contributed by atoms with Gasteiger partial charge in [0.2, 0.25) is 0 Å². The minimum absolute atomic E-state index is 0.133. The van der Waals surface area contributed by atoms with Crippen molar-refractivity contribution in [2.24, 2.45) is 5.41 Å². The van der Waals surface area contributed by atoms with Crippen LogP contribution in [0.2, 0.25) is 0 Å². The Labute approximate surface area is 184 Å². The van der Waals surface area contributed by atoms with Crippen molar-refractivity contribution >= 4 is 20.6 Å². The minimum atomic E-state index is -3.51. The molecule has 0 fully saturated rings. The first-order valence-electron chi connectivity index (χ1n) is 12.4. The van der Waals surface area contributed by atoms with Crippen molar-refractivity contribution in [3.8, 4) is 0 Å². The van der Waals surface area contributed by atoms with E-state index in [1.165, 1.54) is 38.5 Å². The fourth-order valence-corrected chi connectivity index (χ4v) is 7.73. The first-order valence-corrected chi connectivity index (χ1v) is 15.9. The molecule has 0 aromatic heterocycles. The van der Waals surface area contributed by atoms with Gasteiger partial charge in [-0.3, -0.25) is 0 Å². The molecule has 0 amide bonds. The van der Waals surface area contributed by atoms with Gasteiger partial charge >= 0.3 is 185 Å². The summed E-state index contributed by atoms with van der Waals surface area (Å²) in [7, 11) is 0. The molecule has 0 rings (SSSR count). The molecule has 0 spiro atoms. The quantitative estimate of drug-likeness (QED) is 0.124. The van der Waals surface area contributed by atoms with E-state index in [1.807, 2.05) is 0 Å². The van der Waals surface area contributed by atoms with E-state index >= 15 is 0 Å². The second kappa shape index (κ2) is 17.2. The molecular weight excluding hydrogens is 455 g/mol. The summed E-state index contributed by atoms with van der Waals surface area (Å²) < 4.78 is 25.4. The van der Waals surface area contributed by atoms with Crippen LogP contribution < -0.4 is 0 Å². The Hall–Kier alpha value is 0.519. The molecule has 0 N–H and O–H groups in total. The van der Waals surface area contributed by atoms with Crippen LogP contribution in [0.25, 0.3) is 0 Å². The predicted octanol–water partition coefficient (Wildman–Crippen LogP) is 8.13. The molecule has 0 atom stereocenters. The summed E-state index contributed by atoms with van der Waals surface area (Å²) >= 11 is -3.51. The van der Waals surface area contributed by atoms with E-state index in [4.69, 9.17) is 6.15 Å². The summed E-state index contributed by atoms with van der Waals surface area (Å²) in [6.45, 7) is 14.1. The fraction of sp³-hybridized carbons (Fsp3) is 1.00. The fourth-order valence-electron chi connectivity index (χ4n) is 4.57. The van der Waals surface area contributed by atoms with Gasteiger partial charge in [-0.15, -0.1) is 0 Å². The monoisotopic (exact) mass is 506 g/mol. The molecule has 0 unspecified atom stereocenters. The van der Waals surface area contributed by atoms with Crippen LogP contribution in [0.4, 0.5) is 0 Å². The van der Waals surface area contributed by atoms with Crippen LogP contribution >= 0.6 is 0 Å². The van der Waals surface area contributed by atoms with Gasteiger partial charge < -0.3 is 0 Å². The first kappa shape index (κ1) is 28.5. The van der Waals surface area contributed by atoms with Crippen molar-refractivity contribution in [2.75, 3.05) is 6.61 Å². The molecule has 0 saturated heterocycles. The molecule has 168 valence electrons. The van der Waals surface area contributed by atoms with Gasteiger partial charge in [0.1, 0.15) is 0 Å². The second-order valence-electron chi connectivity index (χ2n) is 8.60. The third kappa shape index (κ3) is 9.55. The van der Waals surface area contributed by atoms with Crippen molar-refractivity contribution in [3.05, 3.63) is 0 Å². The van der Waals surface area contributed by atoms with Gasteiger partial charge in [-0.05, 0) is 0 Å². The van der Waals surface area contributed by atoms with Crippen LogP contribution in [0.1, 0.15) is 138 Å². The topological polar surface area (TPSA) is 35.5 Å². The summed E-state index contributed by atoms with van der Waals surface area (Å²) in [5.74, 6) is 0. The van der Waals surface area contributed by atoms with Gasteiger partial charge in [0.25, 0.3) is 0 Å².